The molecule has 0 amide bonds. The Labute approximate surface area is 85.7 Å². The highest BCUT2D eigenvalue weighted by Gasteiger charge is 2.28. The summed E-state index contributed by atoms with van der Waals surface area (Å²) in [4.78, 5) is 13.6. The summed E-state index contributed by atoms with van der Waals surface area (Å²) >= 11 is 0. The molecule has 0 saturated carbocycles. The molecule has 0 spiro atoms. The lowest BCUT2D eigenvalue weighted by Crippen LogP contribution is -2.45. The maximum Gasteiger partial charge on any atom is 0.323 e. The summed E-state index contributed by atoms with van der Waals surface area (Å²) in [5, 5.41) is 0. The zero-order valence-corrected chi connectivity index (χ0v) is 9.03. The van der Waals surface area contributed by atoms with E-state index in [2.05, 4.69) is 11.0 Å². The molecule has 0 aromatic rings. The van der Waals surface area contributed by atoms with Gasteiger partial charge in [-0.25, -0.2) is 0 Å². The third kappa shape index (κ3) is 2.84. The van der Waals surface area contributed by atoms with Crippen molar-refractivity contribution >= 4 is 5.97 Å². The van der Waals surface area contributed by atoms with Crippen LogP contribution >= 0.6 is 0 Å². The molecule has 0 aromatic carbocycles. The predicted molar refractivity (Wildman–Crippen MR) is 56.0 cm³/mol. The first kappa shape index (κ1) is 11.2. The second-order valence-electron chi connectivity index (χ2n) is 3.60. The smallest absolute Gasteiger partial charge is 0.323 e. The van der Waals surface area contributed by atoms with Crippen LogP contribution in [0.4, 0.5) is 0 Å². The minimum atomic E-state index is -0.0887. The Kier molecular flexibility index (Phi) is 4.66. The second-order valence-corrected chi connectivity index (χ2v) is 3.60. The molecule has 0 unspecified atom stereocenters. The molecule has 80 valence electrons. The lowest BCUT2D eigenvalue weighted by Gasteiger charge is -2.32. The third-order valence-corrected chi connectivity index (χ3v) is 2.66. The van der Waals surface area contributed by atoms with Gasteiger partial charge in [-0.05, 0) is 26.3 Å². The third-order valence-electron chi connectivity index (χ3n) is 2.66. The fraction of sp³-hybridized carbons (Fsp3) is 0.727. The van der Waals surface area contributed by atoms with E-state index in [1.54, 1.807) is 0 Å². The molecule has 0 N–H and O–H groups in total. The predicted octanol–water partition coefficient (Wildman–Crippen LogP) is 1.59. The Morgan fingerprint density at radius 2 is 2.36 bits per heavy atom. The maximum absolute atomic E-state index is 11.5. The van der Waals surface area contributed by atoms with Crippen LogP contribution in [0.1, 0.15) is 26.2 Å². The Balaban J connectivity index is 2.54. The summed E-state index contributed by atoms with van der Waals surface area (Å²) in [6, 6.07) is -0.0232. The molecule has 1 saturated heterocycles. The highest BCUT2D eigenvalue weighted by atomic mass is 16.5. The van der Waals surface area contributed by atoms with Crippen molar-refractivity contribution in [3.05, 3.63) is 12.2 Å². The summed E-state index contributed by atoms with van der Waals surface area (Å²) in [6.45, 7) is 3.86. The molecule has 1 atom stereocenters. The number of hydrogen-bond acceptors (Lipinski definition) is 3. The molecule has 0 aromatic heterocycles. The number of piperidine rings is 1. The van der Waals surface area contributed by atoms with Gasteiger partial charge in [-0.2, -0.15) is 0 Å². The fourth-order valence-electron chi connectivity index (χ4n) is 1.85. The number of hydrogen-bond donors (Lipinski definition) is 0. The highest BCUT2D eigenvalue weighted by Crippen LogP contribution is 2.17. The summed E-state index contributed by atoms with van der Waals surface area (Å²) in [5.74, 6) is -0.0887. The van der Waals surface area contributed by atoms with Crippen molar-refractivity contribution in [2.45, 2.75) is 32.2 Å². The average Bonchev–Trinajstić information content (AvgIpc) is 2.25. The molecule has 0 radical (unpaired) electrons. The first-order valence-electron chi connectivity index (χ1n) is 5.22. The van der Waals surface area contributed by atoms with Crippen LogP contribution in [0, 0.1) is 0 Å². The number of methoxy groups -OCH3 is 1. The first-order valence-corrected chi connectivity index (χ1v) is 5.22. The van der Waals surface area contributed by atoms with E-state index in [1.165, 1.54) is 13.5 Å². The van der Waals surface area contributed by atoms with E-state index < -0.39 is 0 Å². The van der Waals surface area contributed by atoms with E-state index >= 15 is 0 Å². The molecular weight excluding hydrogens is 178 g/mol. The number of rotatable bonds is 3. The lowest BCUT2D eigenvalue weighted by atomic mass is 10.0. The van der Waals surface area contributed by atoms with Crippen LogP contribution < -0.4 is 0 Å². The van der Waals surface area contributed by atoms with E-state index in [1.807, 2.05) is 13.0 Å². The monoisotopic (exact) mass is 197 g/mol. The van der Waals surface area contributed by atoms with Crippen molar-refractivity contribution < 1.29 is 9.53 Å². The fourth-order valence-corrected chi connectivity index (χ4v) is 1.85. The van der Waals surface area contributed by atoms with Gasteiger partial charge in [0, 0.05) is 6.54 Å². The lowest BCUT2D eigenvalue weighted by molar-refractivity contribution is -0.148. The highest BCUT2D eigenvalue weighted by molar-refractivity contribution is 5.75. The van der Waals surface area contributed by atoms with E-state index in [9.17, 15) is 4.79 Å². The van der Waals surface area contributed by atoms with Crippen LogP contribution in [0.15, 0.2) is 12.2 Å². The van der Waals surface area contributed by atoms with Crippen LogP contribution in [0.2, 0.25) is 0 Å². The largest absolute Gasteiger partial charge is 0.468 e. The molecule has 14 heavy (non-hydrogen) atoms. The second kappa shape index (κ2) is 5.81. The number of carbonyl (C=O) groups is 1. The van der Waals surface area contributed by atoms with Gasteiger partial charge in [0.15, 0.2) is 0 Å². The van der Waals surface area contributed by atoms with E-state index in [-0.39, 0.29) is 12.0 Å². The van der Waals surface area contributed by atoms with Crippen molar-refractivity contribution in [1.82, 2.24) is 4.90 Å². The molecule has 3 nitrogen and oxygen atoms in total. The zero-order chi connectivity index (χ0) is 10.4. The average molecular weight is 197 g/mol. The number of esters is 1. The van der Waals surface area contributed by atoms with E-state index in [0.717, 1.165) is 25.9 Å². The van der Waals surface area contributed by atoms with Crippen molar-refractivity contribution in [3.8, 4) is 0 Å². The Bertz CT molecular complexity index is 213. The van der Waals surface area contributed by atoms with Crippen LogP contribution in [0.5, 0.6) is 0 Å². The van der Waals surface area contributed by atoms with Gasteiger partial charge in [0.05, 0.1) is 7.11 Å². The van der Waals surface area contributed by atoms with Gasteiger partial charge in [0.25, 0.3) is 0 Å². The number of ether oxygens (including phenoxy) is 1. The summed E-state index contributed by atoms with van der Waals surface area (Å²) in [5.41, 5.74) is 0. The standard InChI is InChI=1S/C11H19NO2/c1-3-4-8-12-9-6-5-7-10(12)11(13)14-2/h3-4,10H,5-9H2,1-2H3/b4-3+/t10-/m1/s1. The molecule has 1 rings (SSSR count). The maximum atomic E-state index is 11.5. The Morgan fingerprint density at radius 1 is 1.57 bits per heavy atom. The van der Waals surface area contributed by atoms with Crippen molar-refractivity contribution in [2.75, 3.05) is 20.2 Å². The van der Waals surface area contributed by atoms with Gasteiger partial charge < -0.3 is 4.74 Å². The topological polar surface area (TPSA) is 29.5 Å². The van der Waals surface area contributed by atoms with Gasteiger partial charge in [-0.3, -0.25) is 9.69 Å². The first-order chi connectivity index (χ1) is 6.79. The molecule has 0 aliphatic carbocycles. The summed E-state index contributed by atoms with van der Waals surface area (Å²) in [6.07, 6.45) is 7.35. The number of allylic oxidation sites excluding steroid dienone is 1. The van der Waals surface area contributed by atoms with Gasteiger partial charge in [-0.1, -0.05) is 18.6 Å². The molecular formula is C11H19NO2. The Hall–Kier alpha value is -0.830. The zero-order valence-electron chi connectivity index (χ0n) is 9.03. The number of nitrogens with zero attached hydrogens (tertiary/aromatic N) is 1. The Morgan fingerprint density at radius 3 is 3.00 bits per heavy atom. The van der Waals surface area contributed by atoms with Gasteiger partial charge in [0.2, 0.25) is 0 Å². The number of likely N-dealkylation sites (tertiary alicyclic amines) is 1. The van der Waals surface area contributed by atoms with Crippen LogP contribution in [0.3, 0.4) is 0 Å². The summed E-state index contributed by atoms with van der Waals surface area (Å²) < 4.78 is 4.80. The molecule has 0 bridgehead atoms. The van der Waals surface area contributed by atoms with E-state index in [4.69, 9.17) is 4.74 Å². The van der Waals surface area contributed by atoms with Crippen LogP contribution in [-0.4, -0.2) is 37.1 Å². The van der Waals surface area contributed by atoms with Gasteiger partial charge in [-0.15, -0.1) is 0 Å². The van der Waals surface area contributed by atoms with Crippen molar-refractivity contribution in [2.24, 2.45) is 0 Å². The molecule has 1 aliphatic rings. The molecule has 3 heteroatoms. The quantitative estimate of drug-likeness (QED) is 0.508. The van der Waals surface area contributed by atoms with Crippen LogP contribution in [0.25, 0.3) is 0 Å². The summed E-state index contributed by atoms with van der Waals surface area (Å²) in [7, 11) is 1.46. The van der Waals surface area contributed by atoms with Gasteiger partial charge in [0.1, 0.15) is 6.04 Å². The van der Waals surface area contributed by atoms with E-state index in [0.29, 0.717) is 0 Å². The van der Waals surface area contributed by atoms with Crippen LogP contribution in [-0.2, 0) is 9.53 Å². The minimum absolute atomic E-state index is 0.0232. The van der Waals surface area contributed by atoms with Crippen molar-refractivity contribution in [1.29, 1.82) is 0 Å². The molecule has 1 fully saturated rings. The molecule has 1 aliphatic heterocycles. The van der Waals surface area contributed by atoms with Gasteiger partial charge >= 0.3 is 5.97 Å². The normalized spacial score (nSPS) is 24.0. The molecule has 1 heterocycles. The number of carbonyl (C=O) groups excluding carboxylic acids is 1. The van der Waals surface area contributed by atoms with Crippen molar-refractivity contribution in [3.63, 3.8) is 0 Å². The minimum Gasteiger partial charge on any atom is -0.468 e. The SMILES string of the molecule is C/C=C/CN1CCCC[C@@H]1C(=O)OC.